The van der Waals surface area contributed by atoms with Crippen LogP contribution in [0.15, 0.2) is 24.3 Å². The van der Waals surface area contributed by atoms with Gasteiger partial charge in [-0.05, 0) is 0 Å². The Balaban J connectivity index is 1.78. The molecule has 1 aliphatic rings. The zero-order valence-electron chi connectivity index (χ0n) is 11.8. The first-order valence-electron chi connectivity index (χ1n) is 6.96. The summed E-state index contributed by atoms with van der Waals surface area (Å²) in [5, 5.41) is 13.7. The number of amides is 1. The van der Waals surface area contributed by atoms with E-state index in [1.54, 1.807) is 18.2 Å². The van der Waals surface area contributed by atoms with Crippen molar-refractivity contribution in [2.75, 3.05) is 39.4 Å². The maximum atomic E-state index is 11.9. The topological polar surface area (TPSA) is 84.7 Å². The molecule has 1 saturated heterocycles. The minimum absolute atomic E-state index is 0.0131. The molecule has 1 N–H and O–H groups in total. The third-order valence-electron chi connectivity index (χ3n) is 3.39. The lowest BCUT2D eigenvalue weighted by molar-refractivity contribution is -0.385. The van der Waals surface area contributed by atoms with E-state index in [4.69, 9.17) is 4.74 Å². The Morgan fingerprint density at radius 2 is 2.05 bits per heavy atom. The molecule has 2 rings (SSSR count). The molecular formula is C14H19N3O4. The summed E-state index contributed by atoms with van der Waals surface area (Å²) in [6.07, 6.45) is 0.0280. The zero-order valence-corrected chi connectivity index (χ0v) is 11.8. The van der Waals surface area contributed by atoms with Crippen LogP contribution in [-0.2, 0) is 16.0 Å². The summed E-state index contributed by atoms with van der Waals surface area (Å²) in [4.78, 5) is 24.5. The number of morpholine rings is 1. The largest absolute Gasteiger partial charge is 0.379 e. The van der Waals surface area contributed by atoms with E-state index in [-0.39, 0.29) is 18.0 Å². The van der Waals surface area contributed by atoms with Crippen molar-refractivity contribution in [3.05, 3.63) is 39.9 Å². The van der Waals surface area contributed by atoms with Crippen LogP contribution in [0.2, 0.25) is 0 Å². The van der Waals surface area contributed by atoms with Crippen LogP contribution in [0.3, 0.4) is 0 Å². The number of ether oxygens (including phenoxy) is 1. The Bertz CT molecular complexity index is 501. The van der Waals surface area contributed by atoms with Crippen molar-refractivity contribution < 1.29 is 14.5 Å². The Hall–Kier alpha value is -1.99. The summed E-state index contributed by atoms with van der Waals surface area (Å²) < 4.78 is 5.25. The first-order valence-corrected chi connectivity index (χ1v) is 6.96. The van der Waals surface area contributed by atoms with Crippen molar-refractivity contribution in [3.8, 4) is 0 Å². The van der Waals surface area contributed by atoms with Crippen molar-refractivity contribution in [3.63, 3.8) is 0 Å². The molecule has 0 spiro atoms. The number of rotatable bonds is 6. The van der Waals surface area contributed by atoms with Crippen LogP contribution < -0.4 is 5.32 Å². The van der Waals surface area contributed by atoms with Gasteiger partial charge in [-0.1, -0.05) is 18.2 Å². The molecule has 1 fully saturated rings. The van der Waals surface area contributed by atoms with Gasteiger partial charge in [-0.2, -0.15) is 0 Å². The fraction of sp³-hybridized carbons (Fsp3) is 0.500. The molecule has 0 bridgehead atoms. The lowest BCUT2D eigenvalue weighted by Crippen LogP contribution is -2.41. The molecular weight excluding hydrogens is 274 g/mol. The van der Waals surface area contributed by atoms with Gasteiger partial charge >= 0.3 is 0 Å². The highest BCUT2D eigenvalue weighted by Gasteiger charge is 2.15. The van der Waals surface area contributed by atoms with Gasteiger partial charge in [-0.25, -0.2) is 0 Å². The molecule has 7 heteroatoms. The molecule has 114 valence electrons. The Morgan fingerprint density at radius 1 is 1.33 bits per heavy atom. The minimum Gasteiger partial charge on any atom is -0.379 e. The fourth-order valence-corrected chi connectivity index (χ4v) is 2.25. The third-order valence-corrected chi connectivity index (χ3v) is 3.39. The van der Waals surface area contributed by atoms with Gasteiger partial charge in [0.15, 0.2) is 0 Å². The summed E-state index contributed by atoms with van der Waals surface area (Å²) in [6.45, 7) is 4.51. The van der Waals surface area contributed by atoms with E-state index in [2.05, 4.69) is 10.2 Å². The molecule has 0 aromatic heterocycles. The van der Waals surface area contributed by atoms with Crippen LogP contribution in [0.5, 0.6) is 0 Å². The predicted molar refractivity (Wildman–Crippen MR) is 77.1 cm³/mol. The molecule has 7 nitrogen and oxygen atoms in total. The standard InChI is InChI=1S/C14H19N3O4/c18-14(15-5-6-16-7-9-21-10-8-16)11-12-3-1-2-4-13(12)17(19)20/h1-4H,5-11H2,(H,15,18). The van der Waals surface area contributed by atoms with Crippen molar-refractivity contribution in [1.29, 1.82) is 0 Å². The highest BCUT2D eigenvalue weighted by molar-refractivity contribution is 5.79. The van der Waals surface area contributed by atoms with Crippen LogP contribution in [0.4, 0.5) is 5.69 Å². The molecule has 1 aromatic carbocycles. The molecule has 1 aromatic rings. The molecule has 0 saturated carbocycles. The second kappa shape index (κ2) is 7.70. The van der Waals surface area contributed by atoms with E-state index in [1.807, 2.05) is 0 Å². The number of nitro groups is 1. The van der Waals surface area contributed by atoms with Crippen molar-refractivity contribution >= 4 is 11.6 Å². The van der Waals surface area contributed by atoms with Crippen LogP contribution in [0.1, 0.15) is 5.56 Å². The number of nitrogens with zero attached hydrogens (tertiary/aromatic N) is 2. The molecule has 1 amide bonds. The summed E-state index contributed by atoms with van der Waals surface area (Å²) in [5.74, 6) is -0.197. The van der Waals surface area contributed by atoms with E-state index >= 15 is 0 Å². The van der Waals surface area contributed by atoms with E-state index in [1.165, 1.54) is 6.07 Å². The SMILES string of the molecule is O=C(Cc1ccccc1[N+](=O)[O-])NCCN1CCOCC1. The maximum absolute atomic E-state index is 11.9. The fourth-order valence-electron chi connectivity index (χ4n) is 2.25. The molecule has 21 heavy (non-hydrogen) atoms. The smallest absolute Gasteiger partial charge is 0.273 e. The minimum atomic E-state index is -0.462. The second-order valence-electron chi connectivity index (χ2n) is 4.87. The number of para-hydroxylation sites is 1. The van der Waals surface area contributed by atoms with Gasteiger partial charge in [-0.15, -0.1) is 0 Å². The average molecular weight is 293 g/mol. The first kappa shape index (κ1) is 15.4. The summed E-state index contributed by atoms with van der Waals surface area (Å²) >= 11 is 0. The molecule has 0 aliphatic carbocycles. The van der Waals surface area contributed by atoms with Gasteiger partial charge < -0.3 is 10.1 Å². The van der Waals surface area contributed by atoms with E-state index in [9.17, 15) is 14.9 Å². The number of benzene rings is 1. The van der Waals surface area contributed by atoms with Crippen LogP contribution >= 0.6 is 0 Å². The second-order valence-corrected chi connectivity index (χ2v) is 4.87. The first-order chi connectivity index (χ1) is 10.2. The molecule has 1 aliphatic heterocycles. The number of nitrogens with one attached hydrogen (secondary N) is 1. The predicted octanol–water partition coefficient (Wildman–Crippen LogP) is 0.586. The Kier molecular flexibility index (Phi) is 5.65. The van der Waals surface area contributed by atoms with Crippen molar-refractivity contribution in [2.45, 2.75) is 6.42 Å². The zero-order chi connectivity index (χ0) is 15.1. The normalized spacial score (nSPS) is 15.6. The molecule has 0 radical (unpaired) electrons. The van der Waals surface area contributed by atoms with E-state index in [0.29, 0.717) is 12.1 Å². The highest BCUT2D eigenvalue weighted by Crippen LogP contribution is 2.17. The van der Waals surface area contributed by atoms with Gasteiger partial charge in [0.2, 0.25) is 5.91 Å². The number of hydrogen-bond donors (Lipinski definition) is 1. The Morgan fingerprint density at radius 3 is 2.76 bits per heavy atom. The summed E-state index contributed by atoms with van der Waals surface area (Å²) in [7, 11) is 0. The average Bonchev–Trinajstić information content (AvgIpc) is 2.48. The summed E-state index contributed by atoms with van der Waals surface area (Å²) in [5.41, 5.74) is 0.423. The van der Waals surface area contributed by atoms with E-state index in [0.717, 1.165) is 32.8 Å². The van der Waals surface area contributed by atoms with E-state index < -0.39 is 4.92 Å². The number of nitro benzene ring substituents is 1. The third kappa shape index (κ3) is 4.80. The lowest BCUT2D eigenvalue weighted by atomic mass is 10.1. The number of hydrogen-bond acceptors (Lipinski definition) is 5. The van der Waals surface area contributed by atoms with Crippen LogP contribution in [0.25, 0.3) is 0 Å². The van der Waals surface area contributed by atoms with Gasteiger partial charge in [0.05, 0.1) is 24.6 Å². The lowest BCUT2D eigenvalue weighted by Gasteiger charge is -2.26. The van der Waals surface area contributed by atoms with Crippen LogP contribution in [0, 0.1) is 10.1 Å². The van der Waals surface area contributed by atoms with Gasteiger partial charge in [0, 0.05) is 37.8 Å². The van der Waals surface area contributed by atoms with Crippen LogP contribution in [-0.4, -0.2) is 55.1 Å². The number of carbonyl (C=O) groups is 1. The molecule has 0 unspecified atom stereocenters. The van der Waals surface area contributed by atoms with Gasteiger partial charge in [-0.3, -0.25) is 19.8 Å². The summed E-state index contributed by atoms with van der Waals surface area (Å²) in [6, 6.07) is 6.32. The van der Waals surface area contributed by atoms with Crippen molar-refractivity contribution in [2.24, 2.45) is 0 Å². The van der Waals surface area contributed by atoms with Gasteiger partial charge in [0.25, 0.3) is 5.69 Å². The Labute approximate surface area is 123 Å². The quantitative estimate of drug-likeness (QED) is 0.613. The maximum Gasteiger partial charge on any atom is 0.273 e. The van der Waals surface area contributed by atoms with Crippen molar-refractivity contribution in [1.82, 2.24) is 10.2 Å². The van der Waals surface area contributed by atoms with Gasteiger partial charge in [0.1, 0.15) is 0 Å². The number of carbonyl (C=O) groups excluding carboxylic acids is 1. The molecule has 0 atom stereocenters. The highest BCUT2D eigenvalue weighted by atomic mass is 16.6. The molecule has 1 heterocycles. The monoisotopic (exact) mass is 293 g/mol.